The average molecular weight is 301 g/mol. The summed E-state index contributed by atoms with van der Waals surface area (Å²) in [5, 5.41) is 0. The number of sulfonamides is 1. The number of nitrogens with zero attached hydrogens (tertiary/aromatic N) is 1. The molecule has 5 nitrogen and oxygen atoms in total. The second-order valence-corrected chi connectivity index (χ2v) is 5.89. The number of benzene rings is 1. The minimum atomic E-state index is -3.34. The van der Waals surface area contributed by atoms with Crippen LogP contribution in [-0.2, 0) is 26.1 Å². The van der Waals surface area contributed by atoms with Crippen LogP contribution >= 0.6 is 0 Å². The van der Waals surface area contributed by atoms with E-state index in [1.54, 1.807) is 0 Å². The smallest absolute Gasteiger partial charge is 0.306 e. The summed E-state index contributed by atoms with van der Waals surface area (Å²) in [7, 11) is -2.06. The van der Waals surface area contributed by atoms with Crippen LogP contribution in [0.3, 0.4) is 0 Å². The largest absolute Gasteiger partial charge is 0.469 e. The quantitative estimate of drug-likeness (QED) is 0.754. The number of carbonyl (C=O) groups is 1. The first-order valence-electron chi connectivity index (χ1n) is 6.49. The lowest BCUT2D eigenvalue weighted by molar-refractivity contribution is -0.140. The Hall–Kier alpha value is -1.40. The highest BCUT2D eigenvalue weighted by Crippen LogP contribution is 2.09. The number of esters is 1. The Morgan fingerprint density at radius 1 is 1.20 bits per heavy atom. The van der Waals surface area contributed by atoms with Crippen molar-refractivity contribution in [2.45, 2.75) is 26.8 Å². The fraction of sp³-hybridized carbons (Fsp3) is 0.500. The van der Waals surface area contributed by atoms with Crippen LogP contribution in [-0.4, -0.2) is 38.6 Å². The zero-order valence-electron chi connectivity index (χ0n) is 12.5. The second kappa shape index (κ2) is 9.50. The fourth-order valence-corrected chi connectivity index (χ4v) is 2.27. The highest BCUT2D eigenvalue weighted by molar-refractivity contribution is 7.88. The molecule has 0 heterocycles. The number of carbonyl (C=O) groups excluding carboxylic acids is 1. The predicted molar refractivity (Wildman–Crippen MR) is 79.7 cm³/mol. The van der Waals surface area contributed by atoms with E-state index >= 15 is 0 Å². The zero-order valence-corrected chi connectivity index (χ0v) is 13.3. The standard InChI is InChI=1S/C12H17NO4S.C2H6/c1-17-12(14)8-9-13(18(2,15)16)10-11-6-4-3-5-7-11;1-2/h3-7H,8-10H2,1-2H3;1-2H3. The first-order chi connectivity index (χ1) is 9.43. The van der Waals surface area contributed by atoms with Crippen molar-refractivity contribution >= 4 is 16.0 Å². The third kappa shape index (κ3) is 7.25. The van der Waals surface area contributed by atoms with Crippen LogP contribution in [0.4, 0.5) is 0 Å². The second-order valence-electron chi connectivity index (χ2n) is 3.91. The molecule has 0 aliphatic carbocycles. The van der Waals surface area contributed by atoms with Gasteiger partial charge in [-0.15, -0.1) is 0 Å². The van der Waals surface area contributed by atoms with Crippen molar-refractivity contribution in [3.63, 3.8) is 0 Å². The van der Waals surface area contributed by atoms with Crippen LogP contribution in [0.1, 0.15) is 25.8 Å². The number of ether oxygens (including phenoxy) is 1. The number of methoxy groups -OCH3 is 1. The van der Waals surface area contributed by atoms with E-state index in [1.807, 2.05) is 44.2 Å². The molecule has 0 radical (unpaired) electrons. The van der Waals surface area contributed by atoms with Gasteiger partial charge in [-0.1, -0.05) is 44.2 Å². The molecule has 0 spiro atoms. The van der Waals surface area contributed by atoms with Gasteiger partial charge in [0.05, 0.1) is 19.8 Å². The fourth-order valence-electron chi connectivity index (χ4n) is 1.47. The lowest BCUT2D eigenvalue weighted by Gasteiger charge is -2.19. The number of hydrogen-bond acceptors (Lipinski definition) is 4. The monoisotopic (exact) mass is 301 g/mol. The molecular formula is C14H23NO4S. The Kier molecular flexibility index (Phi) is 8.83. The summed E-state index contributed by atoms with van der Waals surface area (Å²) in [6, 6.07) is 9.24. The Bertz CT molecular complexity index is 485. The van der Waals surface area contributed by atoms with Gasteiger partial charge in [0.1, 0.15) is 0 Å². The van der Waals surface area contributed by atoms with Gasteiger partial charge in [0.15, 0.2) is 0 Å². The van der Waals surface area contributed by atoms with Gasteiger partial charge in [0.2, 0.25) is 10.0 Å². The minimum Gasteiger partial charge on any atom is -0.469 e. The SMILES string of the molecule is CC.COC(=O)CCN(Cc1ccccc1)S(C)(=O)=O. The van der Waals surface area contributed by atoms with Crippen LogP contribution in [0, 0.1) is 0 Å². The highest BCUT2D eigenvalue weighted by Gasteiger charge is 2.18. The van der Waals surface area contributed by atoms with Crippen LogP contribution in [0.5, 0.6) is 0 Å². The third-order valence-electron chi connectivity index (χ3n) is 2.46. The molecule has 1 aromatic carbocycles. The van der Waals surface area contributed by atoms with Gasteiger partial charge in [-0.05, 0) is 5.56 Å². The van der Waals surface area contributed by atoms with Crippen LogP contribution in [0.2, 0.25) is 0 Å². The molecule has 0 aliphatic heterocycles. The summed E-state index contributed by atoms with van der Waals surface area (Å²) in [5.74, 6) is -0.420. The molecule has 20 heavy (non-hydrogen) atoms. The first-order valence-corrected chi connectivity index (χ1v) is 8.34. The zero-order chi connectivity index (χ0) is 15.6. The summed E-state index contributed by atoms with van der Waals surface area (Å²) in [6.45, 7) is 4.39. The molecule has 0 atom stereocenters. The van der Waals surface area contributed by atoms with E-state index in [9.17, 15) is 13.2 Å². The molecule has 0 bridgehead atoms. The van der Waals surface area contributed by atoms with E-state index in [0.29, 0.717) is 0 Å². The van der Waals surface area contributed by atoms with Crippen LogP contribution < -0.4 is 0 Å². The average Bonchev–Trinajstić information content (AvgIpc) is 2.45. The topological polar surface area (TPSA) is 63.7 Å². The van der Waals surface area contributed by atoms with Crippen molar-refractivity contribution in [3.05, 3.63) is 35.9 Å². The molecule has 114 valence electrons. The van der Waals surface area contributed by atoms with Crippen molar-refractivity contribution in [2.75, 3.05) is 19.9 Å². The Labute approximate surface area is 121 Å². The van der Waals surface area contributed by atoms with E-state index in [0.717, 1.165) is 11.8 Å². The molecular weight excluding hydrogens is 278 g/mol. The van der Waals surface area contributed by atoms with Gasteiger partial charge in [-0.3, -0.25) is 4.79 Å². The Balaban J connectivity index is 0.00000172. The normalized spacial score (nSPS) is 10.7. The minimum absolute atomic E-state index is 0.0520. The molecule has 0 fully saturated rings. The van der Waals surface area contributed by atoms with Crippen molar-refractivity contribution in [1.29, 1.82) is 0 Å². The lowest BCUT2D eigenvalue weighted by Crippen LogP contribution is -2.31. The first kappa shape index (κ1) is 18.6. The van der Waals surface area contributed by atoms with E-state index in [4.69, 9.17) is 0 Å². The van der Waals surface area contributed by atoms with Gasteiger partial charge >= 0.3 is 5.97 Å². The molecule has 0 saturated carbocycles. The molecule has 0 N–H and O–H groups in total. The summed E-state index contributed by atoms with van der Waals surface area (Å²) < 4.78 is 29.0. The molecule has 0 amide bonds. The molecule has 1 aromatic rings. The molecule has 6 heteroatoms. The third-order valence-corrected chi connectivity index (χ3v) is 3.71. The van der Waals surface area contributed by atoms with Gasteiger partial charge in [-0.2, -0.15) is 4.31 Å². The summed E-state index contributed by atoms with van der Waals surface area (Å²) in [4.78, 5) is 11.1. The van der Waals surface area contributed by atoms with E-state index < -0.39 is 16.0 Å². The maximum absolute atomic E-state index is 11.6. The van der Waals surface area contributed by atoms with Gasteiger partial charge in [-0.25, -0.2) is 8.42 Å². The van der Waals surface area contributed by atoms with Crippen molar-refractivity contribution < 1.29 is 17.9 Å². The predicted octanol–water partition coefficient (Wildman–Crippen LogP) is 2.04. The van der Waals surface area contributed by atoms with E-state index in [1.165, 1.54) is 11.4 Å². The number of rotatable bonds is 6. The molecule has 0 saturated heterocycles. The van der Waals surface area contributed by atoms with Gasteiger partial charge in [0.25, 0.3) is 0 Å². The van der Waals surface area contributed by atoms with Gasteiger partial charge < -0.3 is 4.74 Å². The maximum atomic E-state index is 11.6. The molecule has 1 rings (SSSR count). The van der Waals surface area contributed by atoms with E-state index in [-0.39, 0.29) is 19.5 Å². The van der Waals surface area contributed by atoms with Gasteiger partial charge in [0, 0.05) is 13.1 Å². The van der Waals surface area contributed by atoms with Crippen LogP contribution in [0.15, 0.2) is 30.3 Å². The lowest BCUT2D eigenvalue weighted by atomic mass is 10.2. The molecule has 0 aliphatic rings. The molecule has 0 unspecified atom stereocenters. The van der Waals surface area contributed by atoms with Crippen LogP contribution in [0.25, 0.3) is 0 Å². The van der Waals surface area contributed by atoms with Crippen molar-refractivity contribution in [2.24, 2.45) is 0 Å². The summed E-state index contributed by atoms with van der Waals surface area (Å²) in [5.41, 5.74) is 0.882. The summed E-state index contributed by atoms with van der Waals surface area (Å²) >= 11 is 0. The van der Waals surface area contributed by atoms with Crippen molar-refractivity contribution in [1.82, 2.24) is 4.31 Å². The van der Waals surface area contributed by atoms with E-state index in [2.05, 4.69) is 4.74 Å². The Morgan fingerprint density at radius 3 is 2.20 bits per heavy atom. The highest BCUT2D eigenvalue weighted by atomic mass is 32.2. The maximum Gasteiger partial charge on any atom is 0.306 e. The number of hydrogen-bond donors (Lipinski definition) is 0. The van der Waals surface area contributed by atoms with Crippen molar-refractivity contribution in [3.8, 4) is 0 Å². The summed E-state index contributed by atoms with van der Waals surface area (Å²) in [6.07, 6.45) is 1.18. The Morgan fingerprint density at radius 2 is 1.75 bits per heavy atom. The molecule has 0 aromatic heterocycles.